The Balaban J connectivity index is 2.03. The number of carbonyl (C=O) groups is 1. The molecule has 0 aliphatic rings. The van der Waals surface area contributed by atoms with Crippen LogP contribution in [0.15, 0.2) is 48.5 Å². The number of hydrogen-bond donors (Lipinski definition) is 1. The molecule has 0 atom stereocenters. The zero-order valence-electron chi connectivity index (χ0n) is 15.5. The summed E-state index contributed by atoms with van der Waals surface area (Å²) in [7, 11) is 3.14. The second kappa shape index (κ2) is 8.52. The molecule has 0 saturated carbocycles. The van der Waals surface area contributed by atoms with E-state index in [1.807, 2.05) is 19.9 Å². The lowest BCUT2D eigenvalue weighted by Crippen LogP contribution is -2.36. The number of halogens is 1. The van der Waals surface area contributed by atoms with Gasteiger partial charge in [0, 0.05) is 29.7 Å². The number of methoxy groups -OCH3 is 2. The molecule has 0 fully saturated rings. The van der Waals surface area contributed by atoms with Crippen molar-refractivity contribution in [3.8, 4) is 11.5 Å². The lowest BCUT2D eigenvalue weighted by atomic mass is 9.84. The maximum Gasteiger partial charge on any atom is 0.244 e. The van der Waals surface area contributed by atoms with Gasteiger partial charge in [0.2, 0.25) is 5.91 Å². The molecule has 0 radical (unpaired) electrons. The van der Waals surface area contributed by atoms with E-state index in [0.29, 0.717) is 23.6 Å². The molecule has 0 saturated heterocycles. The van der Waals surface area contributed by atoms with Gasteiger partial charge in [-0.2, -0.15) is 0 Å². The summed E-state index contributed by atoms with van der Waals surface area (Å²) in [5.74, 6) is 0.757. The van der Waals surface area contributed by atoms with Gasteiger partial charge in [-0.05, 0) is 29.8 Å². The highest BCUT2D eigenvalue weighted by molar-refractivity contribution is 5.92. The average molecular weight is 357 g/mol. The minimum atomic E-state index is -0.521. The molecule has 2 rings (SSSR count). The summed E-state index contributed by atoms with van der Waals surface area (Å²) in [5, 5.41) is 2.82. The van der Waals surface area contributed by atoms with E-state index in [1.54, 1.807) is 50.6 Å². The van der Waals surface area contributed by atoms with Crippen LogP contribution in [-0.4, -0.2) is 26.7 Å². The molecule has 0 aliphatic heterocycles. The molecule has 0 spiro atoms. The molecule has 1 amide bonds. The fourth-order valence-electron chi connectivity index (χ4n) is 2.59. The zero-order valence-corrected chi connectivity index (χ0v) is 15.5. The topological polar surface area (TPSA) is 47.6 Å². The van der Waals surface area contributed by atoms with Crippen molar-refractivity contribution in [2.75, 3.05) is 20.8 Å². The molecule has 26 heavy (non-hydrogen) atoms. The normalized spacial score (nSPS) is 11.4. The summed E-state index contributed by atoms with van der Waals surface area (Å²) in [4.78, 5) is 12.1. The van der Waals surface area contributed by atoms with Gasteiger partial charge in [0.15, 0.2) is 0 Å². The third-order valence-corrected chi connectivity index (χ3v) is 4.16. The van der Waals surface area contributed by atoms with Gasteiger partial charge >= 0.3 is 0 Å². The van der Waals surface area contributed by atoms with E-state index >= 15 is 0 Å². The molecule has 4 nitrogen and oxygen atoms in total. The Morgan fingerprint density at radius 2 is 1.88 bits per heavy atom. The number of benzene rings is 2. The molecule has 5 heteroatoms. The quantitative estimate of drug-likeness (QED) is 0.763. The number of ether oxygens (including phenoxy) is 2. The highest BCUT2D eigenvalue weighted by Crippen LogP contribution is 2.26. The summed E-state index contributed by atoms with van der Waals surface area (Å²) in [5.41, 5.74) is 0.810. The molecule has 0 unspecified atom stereocenters. The van der Waals surface area contributed by atoms with Crippen LogP contribution in [-0.2, 0) is 10.2 Å². The summed E-state index contributed by atoms with van der Waals surface area (Å²) in [6.07, 6.45) is 3.10. The number of amides is 1. The van der Waals surface area contributed by atoms with Gasteiger partial charge in [0.25, 0.3) is 0 Å². The molecule has 0 heterocycles. The standard InChI is InChI=1S/C21H24FNO3/c1-21(2,17-7-5-6-8-18(17)22)14-23-20(24)12-10-15-9-11-16(25-3)13-19(15)26-4/h5-13H,14H2,1-4H3,(H,23,24)/b12-10+. The van der Waals surface area contributed by atoms with Gasteiger partial charge < -0.3 is 14.8 Å². The number of hydrogen-bond acceptors (Lipinski definition) is 3. The van der Waals surface area contributed by atoms with Gasteiger partial charge in [0.1, 0.15) is 17.3 Å². The molecule has 2 aromatic rings. The Morgan fingerprint density at radius 3 is 2.54 bits per heavy atom. The van der Waals surface area contributed by atoms with Crippen LogP contribution in [0.5, 0.6) is 11.5 Å². The van der Waals surface area contributed by atoms with E-state index in [9.17, 15) is 9.18 Å². The largest absolute Gasteiger partial charge is 0.497 e. The molecule has 0 aliphatic carbocycles. The molecular formula is C21H24FNO3. The molecule has 0 bridgehead atoms. The van der Waals surface area contributed by atoms with Gasteiger partial charge in [-0.1, -0.05) is 32.0 Å². The molecule has 1 N–H and O–H groups in total. The third kappa shape index (κ3) is 4.85. The van der Waals surface area contributed by atoms with Crippen LogP contribution < -0.4 is 14.8 Å². The second-order valence-electron chi connectivity index (χ2n) is 6.52. The third-order valence-electron chi connectivity index (χ3n) is 4.16. The van der Waals surface area contributed by atoms with E-state index in [0.717, 1.165) is 5.56 Å². The van der Waals surface area contributed by atoms with Crippen molar-refractivity contribution in [2.24, 2.45) is 0 Å². The van der Waals surface area contributed by atoms with Crippen LogP contribution in [0.4, 0.5) is 4.39 Å². The van der Waals surface area contributed by atoms with E-state index in [-0.39, 0.29) is 11.7 Å². The SMILES string of the molecule is COc1ccc(/C=C/C(=O)NCC(C)(C)c2ccccc2F)c(OC)c1. The van der Waals surface area contributed by atoms with E-state index < -0.39 is 5.41 Å². The maximum absolute atomic E-state index is 14.0. The van der Waals surface area contributed by atoms with Crippen molar-refractivity contribution in [2.45, 2.75) is 19.3 Å². The smallest absolute Gasteiger partial charge is 0.244 e. The second-order valence-corrected chi connectivity index (χ2v) is 6.52. The summed E-state index contributed by atoms with van der Waals surface area (Å²) < 4.78 is 24.4. The zero-order chi connectivity index (χ0) is 19.2. The monoisotopic (exact) mass is 357 g/mol. The fourth-order valence-corrected chi connectivity index (χ4v) is 2.59. The van der Waals surface area contributed by atoms with Crippen LogP contribution >= 0.6 is 0 Å². The van der Waals surface area contributed by atoms with E-state index in [1.165, 1.54) is 12.1 Å². The van der Waals surface area contributed by atoms with Crippen LogP contribution in [0.1, 0.15) is 25.0 Å². The fraction of sp³-hybridized carbons (Fsp3) is 0.286. The Hall–Kier alpha value is -2.82. The van der Waals surface area contributed by atoms with Crippen LogP contribution in [0.25, 0.3) is 6.08 Å². The summed E-state index contributed by atoms with van der Waals surface area (Å²) in [6.45, 7) is 4.10. The number of rotatable bonds is 7. The van der Waals surface area contributed by atoms with Crippen molar-refractivity contribution in [1.82, 2.24) is 5.32 Å². The first kappa shape index (κ1) is 19.5. The van der Waals surface area contributed by atoms with Crippen molar-refractivity contribution in [3.63, 3.8) is 0 Å². The van der Waals surface area contributed by atoms with Crippen molar-refractivity contribution in [1.29, 1.82) is 0 Å². The lowest BCUT2D eigenvalue weighted by molar-refractivity contribution is -0.116. The van der Waals surface area contributed by atoms with Gasteiger partial charge in [-0.3, -0.25) is 4.79 Å². The molecular weight excluding hydrogens is 333 g/mol. The molecule has 2 aromatic carbocycles. The first-order valence-electron chi connectivity index (χ1n) is 8.30. The summed E-state index contributed by atoms with van der Waals surface area (Å²) in [6, 6.07) is 12.0. The first-order chi connectivity index (χ1) is 12.4. The Morgan fingerprint density at radius 1 is 1.15 bits per heavy atom. The van der Waals surface area contributed by atoms with Crippen molar-refractivity contribution in [3.05, 3.63) is 65.5 Å². The maximum atomic E-state index is 14.0. The average Bonchev–Trinajstić information content (AvgIpc) is 2.64. The predicted molar refractivity (Wildman–Crippen MR) is 101 cm³/mol. The van der Waals surface area contributed by atoms with E-state index in [4.69, 9.17) is 9.47 Å². The van der Waals surface area contributed by atoms with Gasteiger partial charge in [0.05, 0.1) is 14.2 Å². The highest BCUT2D eigenvalue weighted by atomic mass is 19.1. The van der Waals surface area contributed by atoms with Crippen LogP contribution in [0, 0.1) is 5.82 Å². The first-order valence-corrected chi connectivity index (χ1v) is 8.30. The minimum absolute atomic E-state index is 0.257. The molecule has 138 valence electrons. The van der Waals surface area contributed by atoms with Crippen molar-refractivity contribution >= 4 is 12.0 Å². The van der Waals surface area contributed by atoms with Gasteiger partial charge in [-0.15, -0.1) is 0 Å². The number of carbonyl (C=O) groups excluding carboxylic acids is 1. The number of nitrogens with one attached hydrogen (secondary N) is 1. The summed E-state index contributed by atoms with van der Waals surface area (Å²) >= 11 is 0. The Labute approximate surface area is 153 Å². The molecule has 0 aromatic heterocycles. The van der Waals surface area contributed by atoms with Crippen molar-refractivity contribution < 1.29 is 18.7 Å². The van der Waals surface area contributed by atoms with Crippen LogP contribution in [0.3, 0.4) is 0 Å². The van der Waals surface area contributed by atoms with Gasteiger partial charge in [-0.25, -0.2) is 4.39 Å². The predicted octanol–water partition coefficient (Wildman–Crippen LogP) is 3.95. The minimum Gasteiger partial charge on any atom is -0.497 e. The highest BCUT2D eigenvalue weighted by Gasteiger charge is 2.24. The Kier molecular flexibility index (Phi) is 6.39. The lowest BCUT2D eigenvalue weighted by Gasteiger charge is -2.25. The Bertz CT molecular complexity index is 800. The van der Waals surface area contributed by atoms with E-state index in [2.05, 4.69) is 5.32 Å². The van der Waals surface area contributed by atoms with Crippen LogP contribution in [0.2, 0.25) is 0 Å².